The molecule has 0 atom stereocenters. The van der Waals surface area contributed by atoms with Gasteiger partial charge in [-0.1, -0.05) is 6.07 Å². The van der Waals surface area contributed by atoms with Crippen molar-refractivity contribution in [3.8, 4) is 5.75 Å². The van der Waals surface area contributed by atoms with Crippen LogP contribution in [0.2, 0.25) is 0 Å². The molecule has 2 rings (SSSR count). The summed E-state index contributed by atoms with van der Waals surface area (Å²) in [6.45, 7) is 1.70. The second-order valence-electron chi connectivity index (χ2n) is 4.39. The minimum absolute atomic E-state index is 0.199. The number of benzene rings is 1. The Kier molecular flexibility index (Phi) is 4.81. The van der Waals surface area contributed by atoms with E-state index < -0.39 is 0 Å². The molecule has 108 valence electrons. The number of nitrogens with one attached hydrogen (secondary N) is 2. The molecule has 0 bridgehead atoms. The van der Waals surface area contributed by atoms with Gasteiger partial charge in [0.2, 0.25) is 0 Å². The number of carbonyl (C=O) groups excluding carboxylic acids is 2. The first-order valence-electron chi connectivity index (χ1n) is 6.57. The van der Waals surface area contributed by atoms with Gasteiger partial charge < -0.3 is 20.1 Å². The molecule has 2 N–H and O–H groups in total. The van der Waals surface area contributed by atoms with Crippen molar-refractivity contribution in [1.82, 2.24) is 5.32 Å². The summed E-state index contributed by atoms with van der Waals surface area (Å²) in [6.07, 6.45) is 0.842. The van der Waals surface area contributed by atoms with Gasteiger partial charge in [0.05, 0.1) is 18.4 Å². The predicted octanol–water partition coefficient (Wildman–Crippen LogP) is 1.17. The van der Waals surface area contributed by atoms with Gasteiger partial charge in [-0.05, 0) is 18.6 Å². The summed E-state index contributed by atoms with van der Waals surface area (Å²) in [4.78, 5) is 23.1. The van der Waals surface area contributed by atoms with Gasteiger partial charge in [0.1, 0.15) is 6.61 Å². The van der Waals surface area contributed by atoms with Crippen LogP contribution in [0.1, 0.15) is 23.2 Å². The lowest BCUT2D eigenvalue weighted by molar-refractivity contribution is -0.140. The SMILES string of the molecule is COC(=O)CCCNC(=O)c1cccc2c1OCCN2. The number of hydrogen-bond donors (Lipinski definition) is 2. The molecule has 0 saturated carbocycles. The summed E-state index contributed by atoms with van der Waals surface area (Å²) in [5, 5.41) is 5.96. The van der Waals surface area contributed by atoms with Crippen LogP contribution in [-0.2, 0) is 9.53 Å². The van der Waals surface area contributed by atoms with Gasteiger partial charge in [0, 0.05) is 19.5 Å². The molecule has 0 aromatic heterocycles. The van der Waals surface area contributed by atoms with E-state index >= 15 is 0 Å². The fourth-order valence-corrected chi connectivity index (χ4v) is 1.98. The first-order chi connectivity index (χ1) is 9.72. The van der Waals surface area contributed by atoms with Crippen LogP contribution in [0, 0.1) is 0 Å². The molecule has 1 aliphatic heterocycles. The van der Waals surface area contributed by atoms with E-state index in [0.29, 0.717) is 37.3 Å². The summed E-state index contributed by atoms with van der Waals surface area (Å²) >= 11 is 0. The van der Waals surface area contributed by atoms with Crippen LogP contribution in [-0.4, -0.2) is 38.7 Å². The normalized spacial score (nSPS) is 12.7. The predicted molar refractivity (Wildman–Crippen MR) is 74.0 cm³/mol. The topological polar surface area (TPSA) is 76.7 Å². The van der Waals surface area contributed by atoms with E-state index in [1.807, 2.05) is 12.1 Å². The Balaban J connectivity index is 1.91. The van der Waals surface area contributed by atoms with E-state index in [1.54, 1.807) is 6.07 Å². The molecule has 0 unspecified atom stereocenters. The quantitative estimate of drug-likeness (QED) is 0.624. The van der Waals surface area contributed by atoms with Crippen molar-refractivity contribution in [3.05, 3.63) is 23.8 Å². The Morgan fingerprint density at radius 3 is 3.10 bits per heavy atom. The van der Waals surface area contributed by atoms with Crippen molar-refractivity contribution in [1.29, 1.82) is 0 Å². The van der Waals surface area contributed by atoms with Crippen LogP contribution in [0.3, 0.4) is 0 Å². The zero-order valence-electron chi connectivity index (χ0n) is 11.4. The average molecular weight is 278 g/mol. The molecule has 6 nitrogen and oxygen atoms in total. The third-order valence-corrected chi connectivity index (χ3v) is 2.99. The summed E-state index contributed by atoms with van der Waals surface area (Å²) in [5.74, 6) is 0.114. The van der Waals surface area contributed by atoms with Crippen LogP contribution >= 0.6 is 0 Å². The van der Waals surface area contributed by atoms with Crippen LogP contribution in [0.5, 0.6) is 5.75 Å². The molecule has 1 aliphatic rings. The van der Waals surface area contributed by atoms with Crippen LogP contribution in [0.4, 0.5) is 5.69 Å². The molecule has 1 amide bonds. The van der Waals surface area contributed by atoms with Crippen molar-refractivity contribution in [3.63, 3.8) is 0 Å². The Labute approximate surface area is 117 Å². The molecule has 1 aromatic rings. The van der Waals surface area contributed by atoms with E-state index in [-0.39, 0.29) is 11.9 Å². The van der Waals surface area contributed by atoms with Gasteiger partial charge in [-0.25, -0.2) is 0 Å². The van der Waals surface area contributed by atoms with Gasteiger partial charge in [0.15, 0.2) is 5.75 Å². The summed E-state index contributed by atoms with van der Waals surface area (Å²) in [5.41, 5.74) is 1.34. The van der Waals surface area contributed by atoms with Crippen LogP contribution in [0.15, 0.2) is 18.2 Å². The zero-order valence-corrected chi connectivity index (χ0v) is 11.4. The molecule has 0 saturated heterocycles. The van der Waals surface area contributed by atoms with Gasteiger partial charge in [-0.15, -0.1) is 0 Å². The number of amides is 1. The Morgan fingerprint density at radius 2 is 2.30 bits per heavy atom. The highest BCUT2D eigenvalue weighted by Gasteiger charge is 2.18. The molecular weight excluding hydrogens is 260 g/mol. The van der Waals surface area contributed by atoms with E-state index in [0.717, 1.165) is 12.2 Å². The van der Waals surface area contributed by atoms with Gasteiger partial charge in [-0.3, -0.25) is 9.59 Å². The second kappa shape index (κ2) is 6.79. The first kappa shape index (κ1) is 14.2. The number of hydrogen-bond acceptors (Lipinski definition) is 5. The minimum Gasteiger partial charge on any atom is -0.489 e. The second-order valence-corrected chi connectivity index (χ2v) is 4.39. The fourth-order valence-electron chi connectivity index (χ4n) is 1.98. The van der Waals surface area contributed by atoms with Crippen molar-refractivity contribution >= 4 is 17.6 Å². The summed E-state index contributed by atoms with van der Waals surface area (Å²) in [7, 11) is 1.35. The van der Waals surface area contributed by atoms with Gasteiger partial charge >= 0.3 is 5.97 Å². The highest BCUT2D eigenvalue weighted by Crippen LogP contribution is 2.30. The van der Waals surface area contributed by atoms with E-state index in [2.05, 4.69) is 15.4 Å². The first-order valence-corrected chi connectivity index (χ1v) is 6.57. The van der Waals surface area contributed by atoms with Crippen LogP contribution < -0.4 is 15.4 Å². The maximum absolute atomic E-state index is 12.1. The monoisotopic (exact) mass is 278 g/mol. The van der Waals surface area contributed by atoms with E-state index in [1.165, 1.54) is 7.11 Å². The molecule has 0 fully saturated rings. The molecule has 20 heavy (non-hydrogen) atoms. The third-order valence-electron chi connectivity index (χ3n) is 2.99. The number of anilines is 1. The van der Waals surface area contributed by atoms with Crippen LogP contribution in [0.25, 0.3) is 0 Å². The Hall–Kier alpha value is -2.24. The summed E-state index contributed by atoms with van der Waals surface area (Å²) < 4.78 is 10.1. The zero-order chi connectivity index (χ0) is 14.4. The molecule has 0 aliphatic carbocycles. The number of para-hydroxylation sites is 1. The fraction of sp³-hybridized carbons (Fsp3) is 0.429. The molecule has 1 aromatic carbocycles. The van der Waals surface area contributed by atoms with E-state index in [4.69, 9.17) is 4.74 Å². The molecular formula is C14H18N2O4. The van der Waals surface area contributed by atoms with Crippen molar-refractivity contribution in [2.75, 3.05) is 32.1 Å². The molecule has 1 heterocycles. The largest absolute Gasteiger partial charge is 0.489 e. The lowest BCUT2D eigenvalue weighted by Crippen LogP contribution is -2.27. The minimum atomic E-state index is -0.274. The average Bonchev–Trinajstić information content (AvgIpc) is 2.50. The molecule has 0 spiro atoms. The van der Waals surface area contributed by atoms with Crippen molar-refractivity contribution < 1.29 is 19.1 Å². The standard InChI is InChI=1S/C14H18N2O4/c1-19-12(17)6-3-7-16-14(18)10-4-2-5-11-13(10)20-9-8-15-11/h2,4-5,15H,3,6-9H2,1H3,(H,16,18). The number of methoxy groups -OCH3 is 1. The smallest absolute Gasteiger partial charge is 0.305 e. The number of fused-ring (bicyclic) bond motifs is 1. The maximum atomic E-state index is 12.1. The maximum Gasteiger partial charge on any atom is 0.305 e. The number of carbonyl (C=O) groups is 2. The van der Waals surface area contributed by atoms with Crippen molar-refractivity contribution in [2.45, 2.75) is 12.8 Å². The Morgan fingerprint density at radius 1 is 1.45 bits per heavy atom. The molecule has 6 heteroatoms. The van der Waals surface area contributed by atoms with E-state index in [9.17, 15) is 9.59 Å². The lowest BCUT2D eigenvalue weighted by atomic mass is 10.1. The number of ether oxygens (including phenoxy) is 2. The van der Waals surface area contributed by atoms with Gasteiger partial charge in [-0.2, -0.15) is 0 Å². The number of esters is 1. The Bertz CT molecular complexity index is 502. The van der Waals surface area contributed by atoms with Gasteiger partial charge in [0.25, 0.3) is 5.91 Å². The van der Waals surface area contributed by atoms with Crippen molar-refractivity contribution in [2.24, 2.45) is 0 Å². The lowest BCUT2D eigenvalue weighted by Gasteiger charge is -2.21. The number of rotatable bonds is 5. The highest BCUT2D eigenvalue weighted by molar-refractivity contribution is 5.99. The third kappa shape index (κ3) is 3.40. The molecule has 0 radical (unpaired) electrons. The summed E-state index contributed by atoms with van der Waals surface area (Å²) in [6, 6.07) is 5.41. The highest BCUT2D eigenvalue weighted by atomic mass is 16.5.